The Kier molecular flexibility index (Phi) is 5.14. The zero-order valence-corrected chi connectivity index (χ0v) is 4.48. The highest BCUT2D eigenvalue weighted by molar-refractivity contribution is 4.83. The van der Waals surface area contributed by atoms with Crippen LogP contribution in [0, 0.1) is 18.8 Å². The molecule has 0 N–H and O–H groups in total. The molecule has 0 aliphatic rings. The van der Waals surface area contributed by atoms with Crippen LogP contribution in [0.3, 0.4) is 0 Å². The molecule has 1 radical (unpaired) electrons. The molecule has 0 aliphatic heterocycles. The Labute approximate surface area is 44.7 Å². The first-order chi connectivity index (χ1) is 3.41. The number of hydrogen-bond acceptors (Lipinski definition) is 1. The fraction of sp³-hybridized carbons (Fsp3) is 0.500. The first-order valence-electron chi connectivity index (χ1n) is 2.21. The van der Waals surface area contributed by atoms with Crippen molar-refractivity contribution in [1.82, 2.24) is 0 Å². The van der Waals surface area contributed by atoms with Crippen LogP contribution < -0.4 is 0 Å². The Morgan fingerprint density at radius 2 is 2.57 bits per heavy atom. The van der Waals surface area contributed by atoms with Gasteiger partial charge in [-0.3, -0.25) is 0 Å². The lowest BCUT2D eigenvalue weighted by atomic mass is 10.5. The highest BCUT2D eigenvalue weighted by Gasteiger charge is 1.75. The maximum absolute atomic E-state index is 4.88. The Morgan fingerprint density at radius 1 is 1.86 bits per heavy atom. The van der Waals surface area contributed by atoms with E-state index in [1.54, 1.807) is 0 Å². The smallest absolute Gasteiger partial charge is 0.107 e. The van der Waals surface area contributed by atoms with E-state index in [1.807, 2.05) is 13.3 Å². The summed E-state index contributed by atoms with van der Waals surface area (Å²) >= 11 is 0. The van der Waals surface area contributed by atoms with E-state index in [-0.39, 0.29) is 0 Å². The summed E-state index contributed by atoms with van der Waals surface area (Å²) in [5, 5.41) is 0. The van der Waals surface area contributed by atoms with Gasteiger partial charge in [0.05, 0.1) is 6.61 Å². The molecule has 0 amide bonds. The summed E-state index contributed by atoms with van der Waals surface area (Å²) < 4.78 is 4.84. The summed E-state index contributed by atoms with van der Waals surface area (Å²) in [6, 6.07) is 0. The Balaban J connectivity index is 2.60. The molecule has 1 heteroatoms. The van der Waals surface area contributed by atoms with Crippen molar-refractivity contribution in [3.63, 3.8) is 0 Å². The number of hydrogen-bond donors (Lipinski definition) is 0. The van der Waals surface area contributed by atoms with Crippen LogP contribution in [0.15, 0.2) is 0 Å². The van der Waals surface area contributed by atoms with E-state index in [2.05, 4.69) is 5.92 Å². The molecule has 0 rings (SSSR count). The van der Waals surface area contributed by atoms with E-state index in [1.165, 1.54) is 0 Å². The zero-order chi connectivity index (χ0) is 5.54. The predicted molar refractivity (Wildman–Crippen MR) is 29.6 cm³/mol. The summed E-state index contributed by atoms with van der Waals surface area (Å²) in [6.45, 7) is 3.01. The molecule has 0 fully saturated rings. The molecule has 0 bridgehead atoms. The van der Waals surface area contributed by atoms with Gasteiger partial charge in [-0.15, -0.1) is 6.42 Å². The van der Waals surface area contributed by atoms with Gasteiger partial charge in [0.2, 0.25) is 0 Å². The summed E-state index contributed by atoms with van der Waals surface area (Å²) in [5.74, 6) is 2.36. The van der Waals surface area contributed by atoms with Crippen LogP contribution >= 0.6 is 0 Å². The van der Waals surface area contributed by atoms with Gasteiger partial charge in [-0.05, 0) is 6.42 Å². The van der Waals surface area contributed by atoms with Gasteiger partial charge in [0.25, 0.3) is 0 Å². The molecule has 0 aromatic carbocycles. The maximum Gasteiger partial charge on any atom is 0.107 e. The molecule has 0 unspecified atom stereocenters. The Morgan fingerprint density at radius 3 is 3.00 bits per heavy atom. The monoisotopic (exact) mass is 97.1 g/mol. The van der Waals surface area contributed by atoms with Crippen molar-refractivity contribution in [3.8, 4) is 12.3 Å². The molecule has 1 nitrogen and oxygen atoms in total. The van der Waals surface area contributed by atoms with Gasteiger partial charge >= 0.3 is 0 Å². The molecule has 0 aliphatic carbocycles. The zero-order valence-electron chi connectivity index (χ0n) is 4.48. The molecule has 0 heterocycles. The van der Waals surface area contributed by atoms with E-state index in [4.69, 9.17) is 11.2 Å². The van der Waals surface area contributed by atoms with Crippen molar-refractivity contribution >= 4 is 0 Å². The van der Waals surface area contributed by atoms with Crippen LogP contribution in [0.5, 0.6) is 0 Å². The quantitative estimate of drug-likeness (QED) is 0.375. The van der Waals surface area contributed by atoms with E-state index >= 15 is 0 Å². The first kappa shape index (κ1) is 6.52. The second kappa shape index (κ2) is 5.52. The minimum Gasteiger partial charge on any atom is -0.369 e. The molecular weight excluding hydrogens is 88.1 g/mol. The van der Waals surface area contributed by atoms with Gasteiger partial charge in [-0.1, -0.05) is 12.8 Å². The molecule has 0 saturated carbocycles. The average Bonchev–Trinajstić information content (AvgIpc) is 1.69. The molecule has 0 aromatic rings. The van der Waals surface area contributed by atoms with E-state index < -0.39 is 0 Å². The summed E-state index contributed by atoms with van der Waals surface area (Å²) in [5.41, 5.74) is 0. The van der Waals surface area contributed by atoms with Crippen molar-refractivity contribution in [2.45, 2.75) is 6.92 Å². The second-order valence-corrected chi connectivity index (χ2v) is 1.13. The van der Waals surface area contributed by atoms with Crippen LogP contribution in [0.2, 0.25) is 0 Å². The van der Waals surface area contributed by atoms with Crippen molar-refractivity contribution < 1.29 is 4.74 Å². The van der Waals surface area contributed by atoms with Gasteiger partial charge in [0, 0.05) is 0 Å². The van der Waals surface area contributed by atoms with Crippen molar-refractivity contribution in [3.05, 3.63) is 6.42 Å². The lowest BCUT2D eigenvalue weighted by Gasteiger charge is -1.90. The summed E-state index contributed by atoms with van der Waals surface area (Å²) in [7, 11) is 0. The first-order valence-corrected chi connectivity index (χ1v) is 2.21. The molecule has 0 saturated heterocycles. The molecule has 7 heavy (non-hydrogen) atoms. The van der Waals surface area contributed by atoms with Gasteiger partial charge in [-0.25, -0.2) is 0 Å². The lowest BCUT2D eigenvalue weighted by Crippen LogP contribution is -1.91. The Bertz CT molecular complexity index is 61.1. The maximum atomic E-state index is 4.88. The van der Waals surface area contributed by atoms with Crippen LogP contribution in [-0.2, 0) is 4.74 Å². The SMILES string of the molecule is C#CCOC[CH]C. The van der Waals surface area contributed by atoms with E-state index in [9.17, 15) is 0 Å². The third-order valence-corrected chi connectivity index (χ3v) is 0.470. The van der Waals surface area contributed by atoms with Crippen LogP contribution in [0.1, 0.15) is 6.92 Å². The topological polar surface area (TPSA) is 9.23 Å². The second-order valence-electron chi connectivity index (χ2n) is 1.13. The van der Waals surface area contributed by atoms with Gasteiger partial charge in [0.15, 0.2) is 0 Å². The van der Waals surface area contributed by atoms with Crippen molar-refractivity contribution in [2.75, 3.05) is 13.2 Å². The highest BCUT2D eigenvalue weighted by Crippen LogP contribution is 1.74. The van der Waals surface area contributed by atoms with E-state index in [0.717, 1.165) is 0 Å². The van der Waals surface area contributed by atoms with Crippen LogP contribution in [-0.4, -0.2) is 13.2 Å². The van der Waals surface area contributed by atoms with E-state index in [0.29, 0.717) is 13.2 Å². The normalized spacial score (nSPS) is 8.00. The van der Waals surface area contributed by atoms with Gasteiger partial charge in [0.1, 0.15) is 6.61 Å². The summed E-state index contributed by atoms with van der Waals surface area (Å²) in [6.07, 6.45) is 6.79. The van der Waals surface area contributed by atoms with Gasteiger partial charge < -0.3 is 4.74 Å². The largest absolute Gasteiger partial charge is 0.369 e. The predicted octanol–water partition coefficient (Wildman–Crippen LogP) is 0.860. The van der Waals surface area contributed by atoms with Gasteiger partial charge in [-0.2, -0.15) is 0 Å². The third-order valence-electron chi connectivity index (χ3n) is 0.470. The molecular formula is C6H9O. The van der Waals surface area contributed by atoms with Crippen molar-refractivity contribution in [1.29, 1.82) is 0 Å². The number of rotatable bonds is 3. The Hall–Kier alpha value is -0.480. The number of terminal acetylenes is 1. The van der Waals surface area contributed by atoms with Crippen LogP contribution in [0.4, 0.5) is 0 Å². The fourth-order valence-electron chi connectivity index (χ4n) is 0.236. The fourth-order valence-corrected chi connectivity index (χ4v) is 0.236. The van der Waals surface area contributed by atoms with Crippen molar-refractivity contribution in [2.24, 2.45) is 0 Å². The standard InChI is InChI=1S/C6H9O/c1-3-5-7-6-4-2/h1,4H,5-6H2,2H3. The third kappa shape index (κ3) is 5.52. The number of ether oxygens (including phenoxy) is 1. The minimum atomic E-state index is 0.421. The lowest BCUT2D eigenvalue weighted by molar-refractivity contribution is 0.190. The van der Waals surface area contributed by atoms with Crippen LogP contribution in [0.25, 0.3) is 0 Å². The molecule has 39 valence electrons. The minimum absolute atomic E-state index is 0.421. The average molecular weight is 97.1 g/mol. The molecule has 0 spiro atoms. The summed E-state index contributed by atoms with van der Waals surface area (Å²) in [4.78, 5) is 0. The molecule has 0 atom stereocenters. The molecule has 0 aromatic heterocycles. The highest BCUT2D eigenvalue weighted by atomic mass is 16.5.